The van der Waals surface area contributed by atoms with Crippen LogP contribution in [0.15, 0.2) is 24.3 Å². The highest BCUT2D eigenvalue weighted by atomic mass is 16.5. The number of hydrogen-bond donors (Lipinski definition) is 0. The van der Waals surface area contributed by atoms with Crippen LogP contribution in [-0.2, 0) is 14.3 Å². The third-order valence-electron chi connectivity index (χ3n) is 3.32. The van der Waals surface area contributed by atoms with E-state index in [9.17, 15) is 9.59 Å². The van der Waals surface area contributed by atoms with Gasteiger partial charge in [-0.2, -0.15) is 0 Å². The van der Waals surface area contributed by atoms with E-state index in [-0.39, 0.29) is 18.4 Å². The number of amides is 1. The van der Waals surface area contributed by atoms with Gasteiger partial charge in [0.1, 0.15) is 5.75 Å². The van der Waals surface area contributed by atoms with Gasteiger partial charge in [-0.15, -0.1) is 0 Å². The van der Waals surface area contributed by atoms with Crippen LogP contribution in [0, 0.1) is 5.41 Å². The summed E-state index contributed by atoms with van der Waals surface area (Å²) >= 11 is 0. The molecule has 1 amide bonds. The highest BCUT2D eigenvalue weighted by Gasteiger charge is 2.35. The van der Waals surface area contributed by atoms with Crippen molar-refractivity contribution in [2.24, 2.45) is 5.41 Å². The smallest absolute Gasteiger partial charge is 0.313 e. The zero-order valence-corrected chi connectivity index (χ0v) is 12.0. The van der Waals surface area contributed by atoms with Crippen LogP contribution in [0.4, 0.5) is 5.69 Å². The molecule has 0 atom stereocenters. The van der Waals surface area contributed by atoms with E-state index in [2.05, 4.69) is 0 Å². The van der Waals surface area contributed by atoms with Crippen LogP contribution in [0.5, 0.6) is 5.75 Å². The van der Waals surface area contributed by atoms with E-state index in [4.69, 9.17) is 9.47 Å². The monoisotopic (exact) mass is 277 g/mol. The van der Waals surface area contributed by atoms with Gasteiger partial charge >= 0.3 is 5.97 Å². The Kier molecular flexibility index (Phi) is 3.97. The van der Waals surface area contributed by atoms with E-state index in [1.165, 1.54) is 7.11 Å². The molecule has 0 saturated carbocycles. The summed E-state index contributed by atoms with van der Waals surface area (Å²) in [5, 5.41) is 0. The van der Waals surface area contributed by atoms with Gasteiger partial charge in [0.25, 0.3) is 0 Å². The zero-order valence-electron chi connectivity index (χ0n) is 12.0. The number of rotatable bonds is 3. The van der Waals surface area contributed by atoms with Gasteiger partial charge in [0.05, 0.1) is 31.2 Å². The maximum atomic E-state index is 12.3. The van der Waals surface area contributed by atoms with Crippen LogP contribution in [-0.4, -0.2) is 32.1 Å². The van der Waals surface area contributed by atoms with Crippen molar-refractivity contribution in [1.29, 1.82) is 0 Å². The second-order valence-corrected chi connectivity index (χ2v) is 5.42. The first-order valence-electron chi connectivity index (χ1n) is 6.56. The molecule has 0 N–H and O–H groups in total. The molecule has 0 aliphatic carbocycles. The lowest BCUT2D eigenvalue weighted by Gasteiger charge is -2.30. The molecule has 1 aliphatic heterocycles. The molecule has 0 fully saturated rings. The first kappa shape index (κ1) is 14.4. The van der Waals surface area contributed by atoms with E-state index < -0.39 is 5.41 Å². The van der Waals surface area contributed by atoms with Crippen molar-refractivity contribution in [3.05, 3.63) is 24.3 Å². The molecule has 0 radical (unpaired) electrons. The summed E-state index contributed by atoms with van der Waals surface area (Å²) in [7, 11) is 1.35. The topological polar surface area (TPSA) is 55.8 Å². The van der Waals surface area contributed by atoms with Gasteiger partial charge in [-0.25, -0.2) is 0 Å². The largest absolute Gasteiger partial charge is 0.491 e. The number of nitrogens with zero attached hydrogens (tertiary/aromatic N) is 1. The highest BCUT2D eigenvalue weighted by Crippen LogP contribution is 2.33. The maximum absolute atomic E-state index is 12.3. The predicted octanol–water partition coefficient (Wildman–Crippen LogP) is 2.00. The van der Waals surface area contributed by atoms with E-state index in [0.29, 0.717) is 24.5 Å². The van der Waals surface area contributed by atoms with Crippen molar-refractivity contribution in [3.63, 3.8) is 0 Å². The number of benzene rings is 1. The number of anilines is 1. The first-order valence-corrected chi connectivity index (χ1v) is 6.56. The van der Waals surface area contributed by atoms with Gasteiger partial charge in [-0.1, -0.05) is 12.1 Å². The summed E-state index contributed by atoms with van der Waals surface area (Å²) in [4.78, 5) is 25.7. The van der Waals surface area contributed by atoms with Crippen molar-refractivity contribution in [1.82, 2.24) is 0 Å². The van der Waals surface area contributed by atoms with Crippen LogP contribution in [0.3, 0.4) is 0 Å². The lowest BCUT2D eigenvalue weighted by molar-refractivity contribution is -0.150. The van der Waals surface area contributed by atoms with Crippen LogP contribution < -0.4 is 9.64 Å². The molecule has 5 heteroatoms. The fraction of sp³-hybridized carbons (Fsp3) is 0.467. The van der Waals surface area contributed by atoms with Gasteiger partial charge in [0.15, 0.2) is 0 Å². The van der Waals surface area contributed by atoms with Crippen molar-refractivity contribution in [2.45, 2.75) is 20.3 Å². The Balaban J connectivity index is 2.34. The highest BCUT2D eigenvalue weighted by molar-refractivity contribution is 5.96. The first-order chi connectivity index (χ1) is 9.45. The molecule has 2 rings (SSSR count). The summed E-state index contributed by atoms with van der Waals surface area (Å²) in [6.07, 6.45) is 0.298. The minimum Gasteiger partial charge on any atom is -0.491 e. The quantitative estimate of drug-likeness (QED) is 0.793. The van der Waals surface area contributed by atoms with Crippen LogP contribution >= 0.6 is 0 Å². The Morgan fingerprint density at radius 1 is 1.40 bits per heavy atom. The molecule has 0 bridgehead atoms. The lowest BCUT2D eigenvalue weighted by atomic mass is 9.92. The molecule has 1 aromatic rings. The second-order valence-electron chi connectivity index (χ2n) is 5.42. The normalized spacial score (nSPS) is 15.2. The van der Waals surface area contributed by atoms with Crippen LogP contribution in [0.1, 0.15) is 20.3 Å². The average molecular weight is 277 g/mol. The van der Waals surface area contributed by atoms with E-state index in [1.54, 1.807) is 18.7 Å². The minimum atomic E-state index is -0.776. The molecule has 1 aromatic carbocycles. The second kappa shape index (κ2) is 5.53. The summed E-state index contributed by atoms with van der Waals surface area (Å²) in [6.45, 7) is 4.14. The van der Waals surface area contributed by atoms with Gasteiger partial charge in [0, 0.05) is 6.54 Å². The predicted molar refractivity (Wildman–Crippen MR) is 74.7 cm³/mol. The number of para-hydroxylation sites is 2. The number of ether oxygens (including phenoxy) is 2. The number of carbonyl (C=O) groups excluding carboxylic acids is 2. The standard InChI is InChI=1S/C15H19NO4/c1-15(2,14(18)19-3)10-16-11-6-4-5-7-12(11)20-9-8-13(16)17/h4-7H,8-10H2,1-3H3. The Hall–Kier alpha value is -2.04. The average Bonchev–Trinajstić information content (AvgIpc) is 2.58. The Labute approximate surface area is 118 Å². The molecular weight excluding hydrogens is 258 g/mol. The Morgan fingerprint density at radius 2 is 2.10 bits per heavy atom. The van der Waals surface area contributed by atoms with Crippen LogP contribution in [0.25, 0.3) is 0 Å². The Morgan fingerprint density at radius 3 is 2.80 bits per heavy atom. The molecule has 0 spiro atoms. The van der Waals surface area contributed by atoms with Crippen molar-refractivity contribution in [2.75, 3.05) is 25.2 Å². The molecule has 1 heterocycles. The third kappa shape index (κ3) is 2.76. The van der Waals surface area contributed by atoms with Gasteiger partial charge in [-0.3, -0.25) is 9.59 Å². The minimum absolute atomic E-state index is 0.0491. The summed E-state index contributed by atoms with van der Waals surface area (Å²) in [5.74, 6) is 0.277. The fourth-order valence-electron chi connectivity index (χ4n) is 2.23. The van der Waals surface area contributed by atoms with Crippen LogP contribution in [0.2, 0.25) is 0 Å². The summed E-state index contributed by atoms with van der Waals surface area (Å²) in [6, 6.07) is 7.36. The third-order valence-corrected chi connectivity index (χ3v) is 3.32. The number of hydrogen-bond acceptors (Lipinski definition) is 4. The molecule has 5 nitrogen and oxygen atoms in total. The van der Waals surface area contributed by atoms with Crippen molar-refractivity contribution >= 4 is 17.6 Å². The van der Waals surface area contributed by atoms with Crippen molar-refractivity contribution in [3.8, 4) is 5.75 Å². The molecule has 0 saturated heterocycles. The zero-order chi connectivity index (χ0) is 14.8. The SMILES string of the molecule is COC(=O)C(C)(C)CN1C(=O)CCOc2ccccc21. The van der Waals surface area contributed by atoms with Gasteiger partial charge in [-0.05, 0) is 26.0 Å². The molecule has 1 aliphatic rings. The molecule has 0 aromatic heterocycles. The number of carbonyl (C=O) groups is 2. The lowest BCUT2D eigenvalue weighted by Crippen LogP contribution is -2.42. The number of methoxy groups -OCH3 is 1. The maximum Gasteiger partial charge on any atom is 0.313 e. The molecule has 0 unspecified atom stereocenters. The summed E-state index contributed by atoms with van der Waals surface area (Å²) < 4.78 is 10.4. The van der Waals surface area contributed by atoms with Crippen molar-refractivity contribution < 1.29 is 19.1 Å². The van der Waals surface area contributed by atoms with E-state index >= 15 is 0 Å². The molecule has 20 heavy (non-hydrogen) atoms. The number of fused-ring (bicyclic) bond motifs is 1. The van der Waals surface area contributed by atoms with Gasteiger partial charge in [0.2, 0.25) is 5.91 Å². The van der Waals surface area contributed by atoms with E-state index in [1.807, 2.05) is 24.3 Å². The van der Waals surface area contributed by atoms with Gasteiger partial charge < -0.3 is 14.4 Å². The Bertz CT molecular complexity index is 524. The molecular formula is C15H19NO4. The fourth-order valence-corrected chi connectivity index (χ4v) is 2.23. The molecule has 108 valence electrons. The number of esters is 1. The van der Waals surface area contributed by atoms with E-state index in [0.717, 1.165) is 0 Å². The summed E-state index contributed by atoms with van der Waals surface area (Å²) in [5.41, 5.74) is -0.0750.